The summed E-state index contributed by atoms with van der Waals surface area (Å²) < 4.78 is 27.9. The van der Waals surface area contributed by atoms with E-state index in [1.54, 1.807) is 0 Å². The maximum atomic E-state index is 14.0. The van der Waals surface area contributed by atoms with E-state index in [-0.39, 0.29) is 22.3 Å². The highest BCUT2D eigenvalue weighted by Crippen LogP contribution is 2.24. The Bertz CT molecular complexity index is 484. The first-order valence-electron chi connectivity index (χ1n) is 6.79. The molecule has 1 aromatic rings. The van der Waals surface area contributed by atoms with Crippen LogP contribution in [-0.4, -0.2) is 35.6 Å². The number of piperidine rings is 1. The molecule has 1 saturated heterocycles. The van der Waals surface area contributed by atoms with Crippen molar-refractivity contribution in [2.45, 2.75) is 25.8 Å². The Morgan fingerprint density at radius 2 is 2.10 bits per heavy atom. The molecule has 110 valence electrons. The average molecular weight is 299 g/mol. The molecule has 3 N–H and O–H groups in total. The fourth-order valence-corrected chi connectivity index (χ4v) is 2.64. The molecule has 0 aliphatic carbocycles. The summed E-state index contributed by atoms with van der Waals surface area (Å²) in [5, 5.41) is 2.97. The molecule has 1 aliphatic heterocycles. The number of nitrogens with one attached hydrogen (secondary N) is 1. The first-order valence-corrected chi connectivity index (χ1v) is 7.19. The van der Waals surface area contributed by atoms with Crippen molar-refractivity contribution < 1.29 is 8.78 Å². The van der Waals surface area contributed by atoms with Crippen LogP contribution in [0.3, 0.4) is 0 Å². The number of likely N-dealkylation sites (tertiary alicyclic amines) is 1. The molecule has 1 atom stereocenters. The van der Waals surface area contributed by atoms with Gasteiger partial charge in [-0.15, -0.1) is 0 Å². The van der Waals surface area contributed by atoms with Crippen LogP contribution in [-0.2, 0) is 0 Å². The van der Waals surface area contributed by atoms with Crippen LogP contribution >= 0.6 is 12.2 Å². The number of thiocarbonyl (C=S) groups is 1. The topological polar surface area (TPSA) is 41.3 Å². The number of halogens is 2. The van der Waals surface area contributed by atoms with Gasteiger partial charge >= 0.3 is 0 Å². The summed E-state index contributed by atoms with van der Waals surface area (Å²) in [5.41, 5.74) is 5.51. The Morgan fingerprint density at radius 1 is 1.45 bits per heavy atom. The monoisotopic (exact) mass is 299 g/mol. The summed E-state index contributed by atoms with van der Waals surface area (Å²) >= 11 is 4.73. The highest BCUT2D eigenvalue weighted by molar-refractivity contribution is 7.80. The van der Waals surface area contributed by atoms with E-state index in [4.69, 9.17) is 18.0 Å². The molecule has 0 radical (unpaired) electrons. The minimum atomic E-state index is -0.651. The molecule has 0 aromatic heterocycles. The van der Waals surface area contributed by atoms with Gasteiger partial charge in [-0.2, -0.15) is 0 Å². The zero-order valence-electron chi connectivity index (χ0n) is 11.5. The molecule has 0 bridgehead atoms. The lowest BCUT2D eigenvalue weighted by molar-refractivity contribution is 0.226. The summed E-state index contributed by atoms with van der Waals surface area (Å²) in [5.74, 6) is -1.30. The maximum absolute atomic E-state index is 14.0. The van der Waals surface area contributed by atoms with E-state index < -0.39 is 11.6 Å². The molecule has 3 nitrogen and oxygen atoms in total. The van der Waals surface area contributed by atoms with Crippen molar-refractivity contribution in [1.82, 2.24) is 4.90 Å². The van der Waals surface area contributed by atoms with E-state index in [0.717, 1.165) is 32.5 Å². The molecule has 2 rings (SSSR count). The second-order valence-electron chi connectivity index (χ2n) is 5.06. The molecule has 0 spiro atoms. The van der Waals surface area contributed by atoms with Gasteiger partial charge in [0.05, 0.1) is 0 Å². The summed E-state index contributed by atoms with van der Waals surface area (Å²) in [7, 11) is 0. The van der Waals surface area contributed by atoms with Gasteiger partial charge in [0, 0.05) is 18.2 Å². The Labute approximate surface area is 123 Å². The number of anilines is 1. The Hall–Kier alpha value is -1.27. The average Bonchev–Trinajstić information content (AvgIpc) is 2.42. The zero-order valence-corrected chi connectivity index (χ0v) is 12.3. The van der Waals surface area contributed by atoms with Crippen LogP contribution in [0, 0.1) is 11.6 Å². The predicted molar refractivity (Wildman–Crippen MR) is 81.0 cm³/mol. The van der Waals surface area contributed by atoms with Gasteiger partial charge in [0.15, 0.2) is 0 Å². The smallest absolute Gasteiger partial charge is 0.150 e. The van der Waals surface area contributed by atoms with Crippen molar-refractivity contribution in [3.63, 3.8) is 0 Å². The van der Waals surface area contributed by atoms with Crippen molar-refractivity contribution >= 4 is 22.9 Å². The highest BCUT2D eigenvalue weighted by Gasteiger charge is 2.21. The van der Waals surface area contributed by atoms with Gasteiger partial charge in [-0.25, -0.2) is 8.78 Å². The molecule has 1 heterocycles. The lowest BCUT2D eigenvalue weighted by Crippen LogP contribution is -2.42. The minimum Gasteiger partial charge on any atom is -0.389 e. The van der Waals surface area contributed by atoms with E-state index in [1.165, 1.54) is 12.1 Å². The number of nitrogens with zero attached hydrogens (tertiary/aromatic N) is 1. The molecule has 0 amide bonds. The minimum absolute atomic E-state index is 0.0100. The molecule has 0 saturated carbocycles. The van der Waals surface area contributed by atoms with E-state index in [0.29, 0.717) is 0 Å². The quantitative estimate of drug-likeness (QED) is 0.838. The first-order chi connectivity index (χ1) is 9.51. The van der Waals surface area contributed by atoms with Crippen LogP contribution in [0.25, 0.3) is 0 Å². The lowest BCUT2D eigenvalue weighted by atomic mass is 10.0. The summed E-state index contributed by atoms with van der Waals surface area (Å²) in [6.07, 6.45) is 1.94. The SMILES string of the molecule is CCN1CCCC(Nc2c(F)cc(C(N)=S)cc2F)C1. The van der Waals surface area contributed by atoms with Gasteiger partial charge in [-0.1, -0.05) is 19.1 Å². The third-order valence-electron chi connectivity index (χ3n) is 3.63. The second kappa shape index (κ2) is 6.45. The fraction of sp³-hybridized carbons (Fsp3) is 0.500. The summed E-state index contributed by atoms with van der Waals surface area (Å²) in [6.45, 7) is 4.87. The molecule has 1 unspecified atom stereocenters. The molecule has 1 aromatic carbocycles. The molecule has 1 aliphatic rings. The van der Waals surface area contributed by atoms with Crippen LogP contribution in [0.2, 0.25) is 0 Å². The number of likely N-dealkylation sites (N-methyl/N-ethyl adjacent to an activating group) is 1. The molecule has 1 fully saturated rings. The van der Waals surface area contributed by atoms with Crippen molar-refractivity contribution in [1.29, 1.82) is 0 Å². The Balaban J connectivity index is 2.15. The Kier molecular flexibility index (Phi) is 4.88. The molecule has 20 heavy (non-hydrogen) atoms. The molecule has 6 heteroatoms. The van der Waals surface area contributed by atoms with Gasteiger partial charge in [-0.3, -0.25) is 0 Å². The van der Waals surface area contributed by atoms with Crippen molar-refractivity contribution in [3.05, 3.63) is 29.3 Å². The van der Waals surface area contributed by atoms with Crippen LogP contribution in [0.1, 0.15) is 25.3 Å². The third-order valence-corrected chi connectivity index (χ3v) is 3.86. The first kappa shape index (κ1) is 15.1. The predicted octanol–water partition coefficient (Wildman–Crippen LogP) is 2.50. The summed E-state index contributed by atoms with van der Waals surface area (Å²) in [6, 6.07) is 2.41. The third kappa shape index (κ3) is 3.43. The van der Waals surface area contributed by atoms with Crippen LogP contribution in [0.15, 0.2) is 12.1 Å². The van der Waals surface area contributed by atoms with E-state index >= 15 is 0 Å². The van der Waals surface area contributed by atoms with Crippen molar-refractivity contribution in [2.24, 2.45) is 5.73 Å². The van der Waals surface area contributed by atoms with Crippen LogP contribution < -0.4 is 11.1 Å². The van der Waals surface area contributed by atoms with E-state index in [1.807, 2.05) is 0 Å². The molecular weight excluding hydrogens is 280 g/mol. The van der Waals surface area contributed by atoms with E-state index in [9.17, 15) is 8.78 Å². The number of rotatable bonds is 4. The number of hydrogen-bond donors (Lipinski definition) is 2. The van der Waals surface area contributed by atoms with Gasteiger partial charge in [-0.05, 0) is 38.1 Å². The van der Waals surface area contributed by atoms with Crippen molar-refractivity contribution in [2.75, 3.05) is 25.0 Å². The Morgan fingerprint density at radius 3 is 2.65 bits per heavy atom. The highest BCUT2D eigenvalue weighted by atomic mass is 32.1. The fourth-order valence-electron chi connectivity index (χ4n) is 2.52. The standard InChI is InChI=1S/C14H19F2N3S/c1-2-19-5-3-4-10(8-19)18-13-11(15)6-9(14(17)20)7-12(13)16/h6-7,10,18H,2-5,8H2,1H3,(H2,17,20). The van der Waals surface area contributed by atoms with Crippen LogP contribution in [0.4, 0.5) is 14.5 Å². The van der Waals surface area contributed by atoms with E-state index in [2.05, 4.69) is 17.1 Å². The number of hydrogen-bond acceptors (Lipinski definition) is 3. The van der Waals surface area contributed by atoms with Gasteiger partial charge in [0.2, 0.25) is 0 Å². The number of benzene rings is 1. The second-order valence-corrected chi connectivity index (χ2v) is 5.50. The largest absolute Gasteiger partial charge is 0.389 e. The lowest BCUT2D eigenvalue weighted by Gasteiger charge is -2.33. The van der Waals surface area contributed by atoms with Gasteiger partial charge < -0.3 is 16.0 Å². The van der Waals surface area contributed by atoms with Gasteiger partial charge in [0.25, 0.3) is 0 Å². The maximum Gasteiger partial charge on any atom is 0.150 e. The molecular formula is C14H19F2N3S. The van der Waals surface area contributed by atoms with Crippen molar-refractivity contribution in [3.8, 4) is 0 Å². The number of nitrogens with two attached hydrogens (primary N) is 1. The van der Waals surface area contributed by atoms with Gasteiger partial charge in [0.1, 0.15) is 22.3 Å². The normalized spacial score (nSPS) is 19.9. The summed E-state index contributed by atoms with van der Waals surface area (Å²) in [4.78, 5) is 2.25. The zero-order chi connectivity index (χ0) is 14.7. The van der Waals surface area contributed by atoms with Crippen LogP contribution in [0.5, 0.6) is 0 Å².